The Morgan fingerprint density at radius 3 is 2.68 bits per heavy atom. The molecule has 0 saturated carbocycles. The van der Waals surface area contributed by atoms with Gasteiger partial charge in [-0.05, 0) is 43.0 Å². The molecule has 1 aromatic carbocycles. The number of aliphatic carboxylic acids is 1. The van der Waals surface area contributed by atoms with Gasteiger partial charge in [0.05, 0.1) is 24.9 Å². The molecule has 1 saturated heterocycles. The minimum Gasteiger partial charge on any atom is -0.497 e. The summed E-state index contributed by atoms with van der Waals surface area (Å²) >= 11 is 0. The number of carbonyl (C=O) groups is 1. The fraction of sp³-hybridized carbons (Fsp3) is 0.533. The molecule has 1 N–H and O–H groups in total. The Balaban J connectivity index is 2.14. The number of halogens is 3. The molecule has 2 atom stereocenters. The fourth-order valence-electron chi connectivity index (χ4n) is 2.54. The first-order valence-corrected chi connectivity index (χ1v) is 6.93. The topological polar surface area (TPSA) is 55.8 Å². The molecule has 1 fully saturated rings. The van der Waals surface area contributed by atoms with Gasteiger partial charge < -0.3 is 14.6 Å². The van der Waals surface area contributed by atoms with Gasteiger partial charge in [0.15, 0.2) is 0 Å². The zero-order valence-electron chi connectivity index (χ0n) is 12.0. The van der Waals surface area contributed by atoms with Gasteiger partial charge in [0.2, 0.25) is 0 Å². The van der Waals surface area contributed by atoms with Crippen LogP contribution < -0.4 is 4.74 Å². The van der Waals surface area contributed by atoms with Crippen LogP contribution in [0.15, 0.2) is 18.2 Å². The maximum absolute atomic E-state index is 12.9. The highest BCUT2D eigenvalue weighted by molar-refractivity contribution is 5.66. The highest BCUT2D eigenvalue weighted by Gasteiger charge is 2.34. The summed E-state index contributed by atoms with van der Waals surface area (Å²) in [5.74, 6) is -0.782. The van der Waals surface area contributed by atoms with Crippen LogP contribution in [0.2, 0.25) is 0 Å². The number of benzene rings is 1. The van der Waals surface area contributed by atoms with Crippen molar-refractivity contribution in [2.24, 2.45) is 0 Å². The van der Waals surface area contributed by atoms with Crippen LogP contribution in [-0.4, -0.2) is 24.3 Å². The van der Waals surface area contributed by atoms with Crippen molar-refractivity contribution in [2.75, 3.05) is 7.11 Å². The Labute approximate surface area is 125 Å². The smallest absolute Gasteiger partial charge is 0.416 e. The standard InChI is InChI=1S/C15H17F3O4/c1-21-12-7-9(6-10(8-12)15(16,17)18)13-4-2-11(22-13)3-5-14(19)20/h6-8,11,13H,2-5H2,1H3,(H,19,20). The molecule has 1 heterocycles. The second-order valence-electron chi connectivity index (χ2n) is 5.25. The quantitative estimate of drug-likeness (QED) is 0.897. The Morgan fingerprint density at radius 2 is 2.09 bits per heavy atom. The first kappa shape index (κ1) is 16.6. The molecule has 0 aliphatic carbocycles. The van der Waals surface area contributed by atoms with Crippen molar-refractivity contribution < 1.29 is 32.5 Å². The predicted octanol–water partition coefficient (Wildman–Crippen LogP) is 3.80. The lowest BCUT2D eigenvalue weighted by molar-refractivity contribution is -0.139. The van der Waals surface area contributed by atoms with Crippen LogP contribution in [0.5, 0.6) is 5.75 Å². The Hall–Kier alpha value is -1.76. The largest absolute Gasteiger partial charge is 0.497 e. The Morgan fingerprint density at radius 1 is 1.36 bits per heavy atom. The number of hydrogen-bond acceptors (Lipinski definition) is 3. The highest BCUT2D eigenvalue weighted by Crippen LogP contribution is 2.39. The first-order chi connectivity index (χ1) is 10.3. The lowest BCUT2D eigenvalue weighted by atomic mass is 10.0. The second-order valence-corrected chi connectivity index (χ2v) is 5.25. The molecule has 0 bridgehead atoms. The maximum Gasteiger partial charge on any atom is 0.416 e. The van der Waals surface area contributed by atoms with Gasteiger partial charge in [0.25, 0.3) is 0 Å². The van der Waals surface area contributed by atoms with Crippen molar-refractivity contribution in [1.29, 1.82) is 0 Å². The molecule has 2 unspecified atom stereocenters. The second kappa shape index (κ2) is 6.56. The van der Waals surface area contributed by atoms with E-state index in [4.69, 9.17) is 14.6 Å². The minimum atomic E-state index is -4.45. The fourth-order valence-corrected chi connectivity index (χ4v) is 2.54. The van der Waals surface area contributed by atoms with Gasteiger partial charge in [-0.15, -0.1) is 0 Å². The molecule has 1 aliphatic rings. The molecular formula is C15H17F3O4. The zero-order chi connectivity index (χ0) is 16.3. The molecule has 22 heavy (non-hydrogen) atoms. The molecule has 7 heteroatoms. The van der Waals surface area contributed by atoms with E-state index in [1.165, 1.54) is 13.2 Å². The van der Waals surface area contributed by atoms with E-state index in [9.17, 15) is 18.0 Å². The molecule has 0 aromatic heterocycles. The third-order valence-electron chi connectivity index (χ3n) is 3.65. The summed E-state index contributed by atoms with van der Waals surface area (Å²) < 4.78 is 49.3. The van der Waals surface area contributed by atoms with Gasteiger partial charge in [-0.3, -0.25) is 4.79 Å². The van der Waals surface area contributed by atoms with Gasteiger partial charge in [0, 0.05) is 6.42 Å². The first-order valence-electron chi connectivity index (χ1n) is 6.93. The summed E-state index contributed by atoms with van der Waals surface area (Å²) in [5, 5.41) is 8.65. The molecule has 0 radical (unpaired) electrons. The molecular weight excluding hydrogens is 301 g/mol. The van der Waals surface area contributed by atoms with Crippen molar-refractivity contribution in [3.05, 3.63) is 29.3 Å². The summed E-state index contributed by atoms with van der Waals surface area (Å²) in [4.78, 5) is 10.5. The molecule has 1 aliphatic heterocycles. The zero-order valence-corrected chi connectivity index (χ0v) is 12.0. The number of hydrogen-bond donors (Lipinski definition) is 1. The van der Waals surface area contributed by atoms with Gasteiger partial charge in [-0.1, -0.05) is 0 Å². The number of rotatable bonds is 5. The molecule has 1 aromatic rings. The summed E-state index contributed by atoms with van der Waals surface area (Å²) in [6.07, 6.45) is -3.60. The van der Waals surface area contributed by atoms with E-state index < -0.39 is 23.8 Å². The summed E-state index contributed by atoms with van der Waals surface area (Å²) in [5.41, 5.74) is -0.371. The summed E-state index contributed by atoms with van der Waals surface area (Å²) in [7, 11) is 1.31. The van der Waals surface area contributed by atoms with E-state index >= 15 is 0 Å². The highest BCUT2D eigenvalue weighted by atomic mass is 19.4. The molecule has 0 amide bonds. The number of alkyl halides is 3. The van der Waals surface area contributed by atoms with Crippen LogP contribution in [0.25, 0.3) is 0 Å². The van der Waals surface area contributed by atoms with E-state index in [2.05, 4.69) is 0 Å². The van der Waals surface area contributed by atoms with Crippen LogP contribution in [0.3, 0.4) is 0 Å². The van der Waals surface area contributed by atoms with E-state index in [-0.39, 0.29) is 18.3 Å². The van der Waals surface area contributed by atoms with Gasteiger partial charge >= 0.3 is 12.1 Å². The average Bonchev–Trinajstić information content (AvgIpc) is 2.92. The SMILES string of the molecule is COc1cc(C2CCC(CCC(=O)O)O2)cc(C(F)(F)F)c1. The molecule has 122 valence electrons. The number of methoxy groups -OCH3 is 1. The Kier molecular flexibility index (Phi) is 4.95. The van der Waals surface area contributed by atoms with Crippen molar-refractivity contribution >= 4 is 5.97 Å². The van der Waals surface area contributed by atoms with Crippen LogP contribution in [0, 0.1) is 0 Å². The van der Waals surface area contributed by atoms with Crippen molar-refractivity contribution in [3.63, 3.8) is 0 Å². The average molecular weight is 318 g/mol. The number of carboxylic acids is 1. The van der Waals surface area contributed by atoms with Gasteiger partial charge in [-0.2, -0.15) is 13.2 Å². The minimum absolute atomic E-state index is 0.0106. The van der Waals surface area contributed by atoms with Crippen LogP contribution in [0.1, 0.15) is 42.9 Å². The van der Waals surface area contributed by atoms with E-state index in [1.54, 1.807) is 0 Å². The van der Waals surface area contributed by atoms with Crippen molar-refractivity contribution in [3.8, 4) is 5.75 Å². The van der Waals surface area contributed by atoms with Crippen LogP contribution in [0.4, 0.5) is 13.2 Å². The Bertz CT molecular complexity index is 542. The van der Waals surface area contributed by atoms with E-state index in [1.807, 2.05) is 0 Å². The predicted molar refractivity (Wildman–Crippen MR) is 71.7 cm³/mol. The number of carboxylic acid groups (broad SMARTS) is 1. The summed E-state index contributed by atoms with van der Waals surface area (Å²) in [6.45, 7) is 0. The summed E-state index contributed by atoms with van der Waals surface area (Å²) in [6, 6.07) is 3.53. The number of ether oxygens (including phenoxy) is 2. The lowest BCUT2D eigenvalue weighted by Crippen LogP contribution is -2.10. The van der Waals surface area contributed by atoms with Crippen LogP contribution in [-0.2, 0) is 15.7 Å². The van der Waals surface area contributed by atoms with Gasteiger partial charge in [-0.25, -0.2) is 0 Å². The molecule has 4 nitrogen and oxygen atoms in total. The molecule has 2 rings (SSSR count). The van der Waals surface area contributed by atoms with E-state index in [0.717, 1.165) is 12.1 Å². The van der Waals surface area contributed by atoms with E-state index in [0.29, 0.717) is 24.8 Å². The molecule has 0 spiro atoms. The van der Waals surface area contributed by atoms with Crippen LogP contribution >= 0.6 is 0 Å². The maximum atomic E-state index is 12.9. The van der Waals surface area contributed by atoms with Gasteiger partial charge in [0.1, 0.15) is 5.75 Å². The third kappa shape index (κ3) is 4.13. The van der Waals surface area contributed by atoms with Crippen molar-refractivity contribution in [2.45, 2.75) is 44.1 Å². The normalized spacial score (nSPS) is 21.8. The van der Waals surface area contributed by atoms with Crippen molar-refractivity contribution in [1.82, 2.24) is 0 Å². The lowest BCUT2D eigenvalue weighted by Gasteiger charge is -2.17. The monoisotopic (exact) mass is 318 g/mol. The third-order valence-corrected chi connectivity index (χ3v) is 3.65.